The Morgan fingerprint density at radius 1 is 1.06 bits per heavy atom. The monoisotopic (exact) mass is 468 g/mol. The van der Waals surface area contributed by atoms with Crippen LogP contribution in [0, 0.1) is 13.8 Å². The highest BCUT2D eigenvalue weighted by Gasteiger charge is 2.24. The van der Waals surface area contributed by atoms with E-state index in [1.54, 1.807) is 19.9 Å². The van der Waals surface area contributed by atoms with E-state index in [1.165, 1.54) is 45.6 Å². The molecule has 1 amide bonds. The summed E-state index contributed by atoms with van der Waals surface area (Å²) >= 11 is 0. The lowest BCUT2D eigenvalue weighted by Crippen LogP contribution is -2.19. The number of Topliss-reactive ketones (excluding diaryl/α,β-unsaturated/α-hetero) is 2. The zero-order valence-corrected chi connectivity index (χ0v) is 19.4. The van der Waals surface area contributed by atoms with Crippen molar-refractivity contribution in [3.05, 3.63) is 64.4 Å². The SMILES string of the molecule is COc1cc(NC(=O)c2ccco2)c(C(=O)OCC(=O)c2[nH]c(C)c(C(C)=O)c2C)cc1OC. The number of furan rings is 1. The number of ether oxygens (including phenoxy) is 3. The Balaban J connectivity index is 1.85. The van der Waals surface area contributed by atoms with Gasteiger partial charge < -0.3 is 28.9 Å². The molecular formula is C24H24N2O8. The van der Waals surface area contributed by atoms with Crippen molar-refractivity contribution in [2.24, 2.45) is 0 Å². The van der Waals surface area contributed by atoms with Crippen LogP contribution in [0.5, 0.6) is 11.5 Å². The molecule has 0 aliphatic heterocycles. The molecule has 3 rings (SSSR count). The van der Waals surface area contributed by atoms with Gasteiger partial charge in [-0.25, -0.2) is 4.79 Å². The van der Waals surface area contributed by atoms with Gasteiger partial charge in [0.2, 0.25) is 5.78 Å². The van der Waals surface area contributed by atoms with E-state index in [9.17, 15) is 19.2 Å². The van der Waals surface area contributed by atoms with Crippen LogP contribution in [0.3, 0.4) is 0 Å². The number of methoxy groups -OCH3 is 2. The Labute approximate surface area is 195 Å². The molecule has 178 valence electrons. The van der Waals surface area contributed by atoms with E-state index >= 15 is 0 Å². The van der Waals surface area contributed by atoms with Crippen molar-refractivity contribution in [1.82, 2.24) is 4.98 Å². The van der Waals surface area contributed by atoms with Gasteiger partial charge in [-0.1, -0.05) is 0 Å². The van der Waals surface area contributed by atoms with Gasteiger partial charge in [-0.2, -0.15) is 0 Å². The van der Waals surface area contributed by atoms with Crippen LogP contribution in [-0.2, 0) is 4.74 Å². The van der Waals surface area contributed by atoms with Crippen molar-refractivity contribution in [1.29, 1.82) is 0 Å². The van der Waals surface area contributed by atoms with Gasteiger partial charge in [-0.05, 0) is 38.5 Å². The first kappa shape index (κ1) is 24.3. The van der Waals surface area contributed by atoms with Gasteiger partial charge in [-0.15, -0.1) is 0 Å². The van der Waals surface area contributed by atoms with Crippen LogP contribution in [0.15, 0.2) is 34.9 Å². The maximum atomic E-state index is 12.9. The fourth-order valence-corrected chi connectivity index (χ4v) is 3.58. The van der Waals surface area contributed by atoms with Crippen LogP contribution < -0.4 is 14.8 Å². The first-order valence-corrected chi connectivity index (χ1v) is 10.2. The molecule has 0 unspecified atom stereocenters. The second-order valence-electron chi connectivity index (χ2n) is 7.36. The maximum absolute atomic E-state index is 12.9. The first-order chi connectivity index (χ1) is 16.2. The van der Waals surface area contributed by atoms with Crippen molar-refractivity contribution in [3.8, 4) is 11.5 Å². The first-order valence-electron chi connectivity index (χ1n) is 10.2. The number of hydrogen-bond acceptors (Lipinski definition) is 8. The molecular weight excluding hydrogens is 444 g/mol. The van der Waals surface area contributed by atoms with Crippen molar-refractivity contribution in [2.45, 2.75) is 20.8 Å². The highest BCUT2D eigenvalue weighted by atomic mass is 16.5. The number of carbonyl (C=O) groups is 4. The van der Waals surface area contributed by atoms with Crippen molar-refractivity contribution < 1.29 is 37.8 Å². The average Bonchev–Trinajstić information content (AvgIpc) is 3.44. The molecule has 2 heterocycles. The molecule has 0 radical (unpaired) electrons. The van der Waals surface area contributed by atoms with E-state index in [0.29, 0.717) is 16.8 Å². The lowest BCUT2D eigenvalue weighted by Gasteiger charge is -2.15. The summed E-state index contributed by atoms with van der Waals surface area (Å²) in [6, 6.07) is 5.74. The van der Waals surface area contributed by atoms with E-state index in [2.05, 4.69) is 10.3 Å². The van der Waals surface area contributed by atoms with E-state index < -0.39 is 24.3 Å². The molecule has 0 saturated carbocycles. The molecule has 3 aromatic rings. The molecule has 0 saturated heterocycles. The van der Waals surface area contributed by atoms with Gasteiger partial charge in [0.1, 0.15) is 0 Å². The van der Waals surface area contributed by atoms with Crippen LogP contribution in [0.25, 0.3) is 0 Å². The third-order valence-electron chi connectivity index (χ3n) is 5.14. The quantitative estimate of drug-likeness (QED) is 0.358. The van der Waals surface area contributed by atoms with Crippen LogP contribution in [-0.4, -0.2) is 49.3 Å². The molecule has 34 heavy (non-hydrogen) atoms. The minimum absolute atomic E-state index is 0.0307. The summed E-state index contributed by atoms with van der Waals surface area (Å²) in [6.07, 6.45) is 1.34. The number of carbonyl (C=O) groups excluding carboxylic acids is 4. The lowest BCUT2D eigenvalue weighted by molar-refractivity contribution is 0.0474. The van der Waals surface area contributed by atoms with Crippen molar-refractivity contribution in [3.63, 3.8) is 0 Å². The maximum Gasteiger partial charge on any atom is 0.340 e. The van der Waals surface area contributed by atoms with Gasteiger partial charge in [-0.3, -0.25) is 14.4 Å². The third-order valence-corrected chi connectivity index (χ3v) is 5.14. The number of nitrogens with one attached hydrogen (secondary N) is 2. The summed E-state index contributed by atoms with van der Waals surface area (Å²) in [4.78, 5) is 52.7. The van der Waals surface area contributed by atoms with Crippen LogP contribution in [0.2, 0.25) is 0 Å². The van der Waals surface area contributed by atoms with Crippen LogP contribution in [0.4, 0.5) is 5.69 Å². The fourth-order valence-electron chi connectivity index (χ4n) is 3.58. The second kappa shape index (κ2) is 10.1. The average molecular weight is 468 g/mol. The minimum Gasteiger partial charge on any atom is -0.493 e. The van der Waals surface area contributed by atoms with Crippen LogP contribution >= 0.6 is 0 Å². The Hall–Kier alpha value is -4.34. The molecule has 0 bridgehead atoms. The summed E-state index contributed by atoms with van der Waals surface area (Å²) < 4.78 is 20.8. The predicted octanol–water partition coefficient (Wildman–Crippen LogP) is 3.74. The molecule has 10 heteroatoms. The largest absolute Gasteiger partial charge is 0.493 e. The Morgan fingerprint density at radius 2 is 1.74 bits per heavy atom. The number of anilines is 1. The third kappa shape index (κ3) is 4.85. The number of hydrogen-bond donors (Lipinski definition) is 2. The normalized spacial score (nSPS) is 10.5. The number of aromatic amines is 1. The summed E-state index contributed by atoms with van der Waals surface area (Å²) in [5, 5.41) is 2.57. The number of ketones is 2. The highest BCUT2D eigenvalue weighted by molar-refractivity contribution is 6.08. The minimum atomic E-state index is -0.878. The zero-order chi connectivity index (χ0) is 25.0. The van der Waals surface area contributed by atoms with Gasteiger partial charge in [0.05, 0.1) is 37.4 Å². The highest BCUT2D eigenvalue weighted by Crippen LogP contribution is 2.34. The summed E-state index contributed by atoms with van der Waals surface area (Å²) in [5.41, 5.74) is 1.68. The molecule has 0 aliphatic rings. The summed E-state index contributed by atoms with van der Waals surface area (Å²) in [5.74, 6) is -1.65. The van der Waals surface area contributed by atoms with Crippen molar-refractivity contribution in [2.75, 3.05) is 26.1 Å². The number of H-pyrrole nitrogens is 1. The number of aromatic nitrogens is 1. The van der Waals surface area contributed by atoms with E-state index in [-0.39, 0.29) is 40.0 Å². The molecule has 0 aliphatic carbocycles. The number of benzene rings is 1. The number of amides is 1. The van der Waals surface area contributed by atoms with Gasteiger partial charge in [0.25, 0.3) is 5.91 Å². The zero-order valence-electron chi connectivity index (χ0n) is 19.4. The van der Waals surface area contributed by atoms with E-state index in [1.807, 2.05) is 0 Å². The van der Waals surface area contributed by atoms with Gasteiger partial charge in [0.15, 0.2) is 29.6 Å². The Kier molecular flexibility index (Phi) is 7.20. The molecule has 2 aromatic heterocycles. The Morgan fingerprint density at radius 3 is 2.29 bits per heavy atom. The smallest absolute Gasteiger partial charge is 0.340 e. The Bertz CT molecular complexity index is 1250. The van der Waals surface area contributed by atoms with E-state index in [0.717, 1.165) is 0 Å². The van der Waals surface area contributed by atoms with E-state index in [4.69, 9.17) is 18.6 Å². The van der Waals surface area contributed by atoms with Gasteiger partial charge >= 0.3 is 5.97 Å². The fraction of sp³-hybridized carbons (Fsp3) is 0.250. The topological polar surface area (TPSA) is 137 Å². The molecule has 0 spiro atoms. The summed E-state index contributed by atoms with van der Waals surface area (Å²) in [6.45, 7) is 4.15. The predicted molar refractivity (Wildman–Crippen MR) is 121 cm³/mol. The number of esters is 1. The molecule has 0 atom stereocenters. The molecule has 10 nitrogen and oxygen atoms in total. The standard InChI is InChI=1S/C24H24N2O8/c1-12-21(14(3)27)13(2)25-22(12)17(28)11-34-24(30)15-9-19(31-4)20(32-5)10-16(15)26-23(29)18-7-6-8-33-18/h6-10,25H,11H2,1-5H3,(H,26,29). The van der Waals surface area contributed by atoms with Crippen molar-refractivity contribution >= 4 is 29.1 Å². The number of rotatable bonds is 9. The molecule has 2 N–H and O–H groups in total. The second-order valence-corrected chi connectivity index (χ2v) is 7.36. The molecule has 1 aromatic carbocycles. The van der Waals surface area contributed by atoms with Gasteiger partial charge in [0, 0.05) is 23.4 Å². The molecule has 0 fully saturated rings. The summed E-state index contributed by atoms with van der Waals surface area (Å²) in [7, 11) is 2.79. The van der Waals surface area contributed by atoms with Crippen LogP contribution in [0.1, 0.15) is 59.9 Å². The lowest BCUT2D eigenvalue weighted by atomic mass is 10.1. The number of aryl methyl sites for hydroxylation is 1.